The Morgan fingerprint density at radius 2 is 0.778 bits per heavy atom. The van der Waals surface area contributed by atoms with Crippen LogP contribution in [-0.4, -0.2) is 12.1 Å². The highest BCUT2D eigenvalue weighted by Crippen LogP contribution is 2.19. The lowest BCUT2D eigenvalue weighted by Crippen LogP contribution is -2.47. The number of nitrogens with one attached hydrogen (secondary N) is 2. The average molecular weight is 256 g/mol. The molecule has 0 aliphatic heterocycles. The molecule has 2 saturated carbocycles. The highest BCUT2D eigenvalue weighted by atomic mass is 15.4. The smallest absolute Gasteiger partial charge is 0.0213 e. The Balaban J connectivity index is 0.000000659. The van der Waals surface area contributed by atoms with Crippen molar-refractivity contribution in [3.05, 3.63) is 0 Å². The largest absolute Gasteiger partial charge is 0.255 e. The molecule has 0 spiro atoms. The van der Waals surface area contributed by atoms with E-state index in [1.54, 1.807) is 0 Å². The van der Waals surface area contributed by atoms with Crippen LogP contribution in [0.1, 0.15) is 91.9 Å². The van der Waals surface area contributed by atoms with Gasteiger partial charge in [-0.2, -0.15) is 0 Å². The minimum absolute atomic E-state index is 0.755. The summed E-state index contributed by atoms with van der Waals surface area (Å²) >= 11 is 0. The molecule has 2 rings (SSSR count). The molecule has 0 aromatic rings. The summed E-state index contributed by atoms with van der Waals surface area (Å²) < 4.78 is 0. The van der Waals surface area contributed by atoms with Crippen molar-refractivity contribution in [3.8, 4) is 0 Å². The van der Waals surface area contributed by atoms with Crippen LogP contribution < -0.4 is 10.9 Å². The first-order valence-corrected chi connectivity index (χ1v) is 8.46. The van der Waals surface area contributed by atoms with Gasteiger partial charge in [0, 0.05) is 12.1 Å². The van der Waals surface area contributed by atoms with Crippen LogP contribution in [0.3, 0.4) is 0 Å². The molecular formula is C16H36N2. The maximum Gasteiger partial charge on any atom is 0.0213 e. The monoisotopic (exact) mass is 256 g/mol. The molecule has 2 nitrogen and oxygen atoms in total. The lowest BCUT2D eigenvalue weighted by atomic mass is 9.95. The van der Waals surface area contributed by atoms with Crippen molar-refractivity contribution < 1.29 is 0 Å². The van der Waals surface area contributed by atoms with Gasteiger partial charge in [-0.15, -0.1) is 0 Å². The number of rotatable bonds is 3. The molecule has 2 aliphatic carbocycles. The van der Waals surface area contributed by atoms with Crippen molar-refractivity contribution in [1.29, 1.82) is 0 Å². The first-order chi connectivity index (χ1) is 8.95. The molecule has 2 N–H and O–H groups in total. The van der Waals surface area contributed by atoms with Gasteiger partial charge in [0.05, 0.1) is 0 Å². The van der Waals surface area contributed by atoms with Crippen molar-refractivity contribution in [2.45, 2.75) is 104 Å². The van der Waals surface area contributed by atoms with E-state index in [4.69, 9.17) is 0 Å². The number of hydrogen-bond acceptors (Lipinski definition) is 2. The highest BCUT2D eigenvalue weighted by Gasteiger charge is 2.16. The molecule has 0 heterocycles. The Labute approximate surface area is 115 Å². The van der Waals surface area contributed by atoms with Crippen LogP contribution >= 0.6 is 0 Å². The maximum atomic E-state index is 3.54. The van der Waals surface area contributed by atoms with Crippen molar-refractivity contribution in [3.63, 3.8) is 0 Å². The molecule has 0 bridgehead atoms. The molecule has 0 aromatic heterocycles. The van der Waals surface area contributed by atoms with Gasteiger partial charge >= 0.3 is 0 Å². The number of hydrazine groups is 1. The predicted octanol–water partition coefficient (Wildman–Crippen LogP) is 4.80. The van der Waals surface area contributed by atoms with E-state index in [0.717, 1.165) is 12.1 Å². The van der Waals surface area contributed by atoms with Crippen molar-refractivity contribution in [2.24, 2.45) is 0 Å². The van der Waals surface area contributed by atoms with Crippen LogP contribution in [0.2, 0.25) is 0 Å². The standard InChI is InChI=1S/C12H24N2.2C2H6/c1-3-7-11(8-4-1)13-14-12-9-5-2-6-10-12;2*1-2/h11-14H,1-10H2;2*1-2H3. The van der Waals surface area contributed by atoms with Crippen molar-refractivity contribution in [1.82, 2.24) is 10.9 Å². The fourth-order valence-corrected chi connectivity index (χ4v) is 2.73. The molecule has 2 heteroatoms. The molecule has 0 saturated heterocycles. The van der Waals surface area contributed by atoms with E-state index in [1.165, 1.54) is 64.2 Å². The third kappa shape index (κ3) is 8.10. The van der Waals surface area contributed by atoms with Crippen LogP contribution in [0.25, 0.3) is 0 Å². The Bertz CT molecular complexity index is 129. The third-order valence-electron chi connectivity index (χ3n) is 3.70. The Morgan fingerprint density at radius 3 is 1.06 bits per heavy atom. The molecule has 0 unspecified atom stereocenters. The van der Waals surface area contributed by atoms with E-state index in [9.17, 15) is 0 Å². The molecular weight excluding hydrogens is 220 g/mol. The van der Waals surface area contributed by atoms with Gasteiger partial charge in [-0.1, -0.05) is 66.2 Å². The number of hydrogen-bond donors (Lipinski definition) is 2. The van der Waals surface area contributed by atoms with Gasteiger partial charge in [-0.3, -0.25) is 10.9 Å². The lowest BCUT2D eigenvalue weighted by molar-refractivity contribution is 0.273. The van der Waals surface area contributed by atoms with Crippen LogP contribution in [0.15, 0.2) is 0 Å². The quantitative estimate of drug-likeness (QED) is 0.709. The zero-order valence-electron chi connectivity index (χ0n) is 13.2. The lowest BCUT2D eigenvalue weighted by Gasteiger charge is -2.28. The summed E-state index contributed by atoms with van der Waals surface area (Å²) in [5.74, 6) is 0. The second-order valence-corrected chi connectivity index (χ2v) is 4.96. The summed E-state index contributed by atoms with van der Waals surface area (Å²) in [5, 5.41) is 0. The van der Waals surface area contributed by atoms with E-state index in [2.05, 4.69) is 10.9 Å². The van der Waals surface area contributed by atoms with Crippen LogP contribution in [-0.2, 0) is 0 Å². The maximum absolute atomic E-state index is 3.54. The van der Waals surface area contributed by atoms with E-state index >= 15 is 0 Å². The SMILES string of the molecule is C1CCC(NNC2CCCCC2)CC1.CC.CC. The molecule has 18 heavy (non-hydrogen) atoms. The summed E-state index contributed by atoms with van der Waals surface area (Å²) in [5.41, 5.74) is 7.08. The van der Waals surface area contributed by atoms with Crippen LogP contribution in [0.4, 0.5) is 0 Å². The second kappa shape index (κ2) is 13.4. The third-order valence-corrected chi connectivity index (χ3v) is 3.70. The molecule has 0 amide bonds. The Morgan fingerprint density at radius 1 is 0.500 bits per heavy atom. The van der Waals surface area contributed by atoms with Gasteiger partial charge in [0.25, 0.3) is 0 Å². The first-order valence-electron chi connectivity index (χ1n) is 8.46. The average Bonchev–Trinajstić information content (AvgIpc) is 2.51. The summed E-state index contributed by atoms with van der Waals surface area (Å²) in [4.78, 5) is 0. The molecule has 0 radical (unpaired) electrons. The van der Waals surface area contributed by atoms with Crippen LogP contribution in [0, 0.1) is 0 Å². The minimum Gasteiger partial charge on any atom is -0.255 e. The van der Waals surface area contributed by atoms with Crippen molar-refractivity contribution >= 4 is 0 Å². The molecule has 0 aromatic carbocycles. The van der Waals surface area contributed by atoms with E-state index in [0.29, 0.717) is 0 Å². The Hall–Kier alpha value is -0.0800. The zero-order valence-corrected chi connectivity index (χ0v) is 13.2. The summed E-state index contributed by atoms with van der Waals surface area (Å²) in [6.07, 6.45) is 14.1. The van der Waals surface area contributed by atoms with E-state index in [-0.39, 0.29) is 0 Å². The molecule has 110 valence electrons. The summed E-state index contributed by atoms with van der Waals surface area (Å²) in [6, 6.07) is 1.51. The van der Waals surface area contributed by atoms with Gasteiger partial charge < -0.3 is 0 Å². The molecule has 2 fully saturated rings. The topological polar surface area (TPSA) is 24.1 Å². The summed E-state index contributed by atoms with van der Waals surface area (Å²) in [6.45, 7) is 8.00. The highest BCUT2D eigenvalue weighted by molar-refractivity contribution is 4.74. The van der Waals surface area contributed by atoms with Gasteiger partial charge in [0.2, 0.25) is 0 Å². The van der Waals surface area contributed by atoms with E-state index in [1.807, 2.05) is 27.7 Å². The fraction of sp³-hybridized carbons (Fsp3) is 1.00. The molecule has 2 aliphatic rings. The fourth-order valence-electron chi connectivity index (χ4n) is 2.73. The van der Waals surface area contributed by atoms with Gasteiger partial charge in [-0.05, 0) is 25.7 Å². The van der Waals surface area contributed by atoms with Crippen molar-refractivity contribution in [2.75, 3.05) is 0 Å². The van der Waals surface area contributed by atoms with Crippen LogP contribution in [0.5, 0.6) is 0 Å². The van der Waals surface area contributed by atoms with Gasteiger partial charge in [0.1, 0.15) is 0 Å². The minimum atomic E-state index is 0.755. The van der Waals surface area contributed by atoms with Gasteiger partial charge in [0.15, 0.2) is 0 Å². The summed E-state index contributed by atoms with van der Waals surface area (Å²) in [7, 11) is 0. The Kier molecular flexibility index (Phi) is 13.3. The van der Waals surface area contributed by atoms with Gasteiger partial charge in [-0.25, -0.2) is 0 Å². The predicted molar refractivity (Wildman–Crippen MR) is 82.7 cm³/mol. The first kappa shape index (κ1) is 17.9. The second-order valence-electron chi connectivity index (χ2n) is 4.96. The normalized spacial score (nSPS) is 21.3. The van der Waals surface area contributed by atoms with E-state index < -0.39 is 0 Å². The zero-order chi connectivity index (χ0) is 13.6. The molecule has 0 atom stereocenters.